The molecule has 2 heterocycles. The van der Waals surface area contributed by atoms with Gasteiger partial charge >= 0.3 is 0 Å². The molecule has 0 aliphatic carbocycles. The van der Waals surface area contributed by atoms with E-state index >= 15 is 0 Å². The lowest BCUT2D eigenvalue weighted by molar-refractivity contribution is -0.113. The predicted octanol–water partition coefficient (Wildman–Crippen LogP) is 4.84. The van der Waals surface area contributed by atoms with Crippen molar-refractivity contribution in [2.24, 2.45) is 4.99 Å². The lowest BCUT2D eigenvalue weighted by Gasteiger charge is -2.25. The summed E-state index contributed by atoms with van der Waals surface area (Å²) in [6.07, 6.45) is 3.52. The first kappa shape index (κ1) is 26.9. The molecule has 1 aliphatic rings. The molecule has 8 heteroatoms. The van der Waals surface area contributed by atoms with E-state index in [1.54, 1.807) is 17.6 Å². The number of allylic oxidation sites excluding steroid dienone is 1. The summed E-state index contributed by atoms with van der Waals surface area (Å²) in [4.78, 5) is 32.8. The van der Waals surface area contributed by atoms with Gasteiger partial charge in [0.25, 0.3) is 11.5 Å². The van der Waals surface area contributed by atoms with Crippen LogP contribution < -0.4 is 29.7 Å². The van der Waals surface area contributed by atoms with E-state index in [2.05, 4.69) is 11.9 Å². The van der Waals surface area contributed by atoms with Crippen molar-refractivity contribution in [2.45, 2.75) is 19.9 Å². The van der Waals surface area contributed by atoms with Crippen molar-refractivity contribution in [2.75, 3.05) is 18.5 Å². The van der Waals surface area contributed by atoms with Crippen molar-refractivity contribution in [3.05, 3.63) is 134 Å². The zero-order valence-electron chi connectivity index (χ0n) is 22.3. The number of benzene rings is 3. The molecule has 202 valence electrons. The molecule has 0 saturated heterocycles. The topological polar surface area (TPSA) is 81.9 Å². The number of rotatable bonds is 9. The number of nitrogens with zero attached hydrogens (tertiary/aromatic N) is 2. The Morgan fingerprint density at radius 2 is 1.70 bits per heavy atom. The number of carbonyl (C=O) groups is 1. The third-order valence-electron chi connectivity index (χ3n) is 6.35. The molecular weight excluding hydrogens is 522 g/mol. The fourth-order valence-corrected chi connectivity index (χ4v) is 5.57. The van der Waals surface area contributed by atoms with Crippen molar-refractivity contribution in [1.29, 1.82) is 0 Å². The molecule has 1 atom stereocenters. The fourth-order valence-electron chi connectivity index (χ4n) is 4.53. The van der Waals surface area contributed by atoms with Crippen LogP contribution in [0.1, 0.15) is 31.0 Å². The molecule has 1 amide bonds. The lowest BCUT2D eigenvalue weighted by atomic mass is 9.95. The highest BCUT2D eigenvalue weighted by molar-refractivity contribution is 7.07. The summed E-state index contributed by atoms with van der Waals surface area (Å²) in [5.41, 5.74) is 3.06. The van der Waals surface area contributed by atoms with Crippen LogP contribution in [-0.2, 0) is 4.79 Å². The molecule has 0 bridgehead atoms. The maximum Gasteiger partial charge on any atom is 0.271 e. The van der Waals surface area contributed by atoms with Gasteiger partial charge in [-0.15, -0.1) is 0 Å². The molecule has 0 spiro atoms. The molecule has 5 rings (SSSR count). The van der Waals surface area contributed by atoms with Crippen LogP contribution in [0.25, 0.3) is 6.08 Å². The van der Waals surface area contributed by atoms with E-state index < -0.39 is 6.04 Å². The van der Waals surface area contributed by atoms with Crippen LogP contribution in [0.5, 0.6) is 11.5 Å². The molecular formula is C32H29N3O4S. The van der Waals surface area contributed by atoms with E-state index in [0.717, 1.165) is 22.6 Å². The van der Waals surface area contributed by atoms with Gasteiger partial charge in [0.2, 0.25) is 0 Å². The first-order valence-electron chi connectivity index (χ1n) is 12.9. The number of ether oxygens (including phenoxy) is 2. The Kier molecular flexibility index (Phi) is 8.07. The smallest absolute Gasteiger partial charge is 0.271 e. The minimum absolute atomic E-state index is 0.216. The Hall–Kier alpha value is -4.69. The molecule has 1 aromatic heterocycles. The first-order valence-corrected chi connectivity index (χ1v) is 13.8. The van der Waals surface area contributed by atoms with E-state index in [1.807, 2.05) is 91.9 Å². The van der Waals surface area contributed by atoms with Gasteiger partial charge in [-0.25, -0.2) is 4.99 Å². The second kappa shape index (κ2) is 12.0. The number of carbonyl (C=O) groups excluding carboxylic acids is 1. The minimum atomic E-state index is -0.660. The number of hydrogen-bond donors (Lipinski definition) is 1. The standard InChI is InChI=1S/C32H29N3O4S/c1-4-19-39-26-15-11-22(12-16-26)20-27-31(37)35-29(23-13-17-25(18-14-23)38-5-2)28(21(3)33-32(35)40-27)30(36)34-24-9-7-6-8-10-24/h4,6-18,20,29H,1,5,19H2,2-3H3,(H,34,36)/b27-20-/t29-/m0/s1. The summed E-state index contributed by atoms with van der Waals surface area (Å²) in [5, 5.41) is 2.97. The summed E-state index contributed by atoms with van der Waals surface area (Å²) in [5.74, 6) is 1.13. The molecule has 4 aromatic rings. The van der Waals surface area contributed by atoms with Gasteiger partial charge in [0, 0.05) is 5.69 Å². The van der Waals surface area contributed by atoms with Gasteiger partial charge in [-0.05, 0) is 67.4 Å². The fraction of sp³-hybridized carbons (Fsp3) is 0.156. The van der Waals surface area contributed by atoms with Crippen LogP contribution in [0.2, 0.25) is 0 Å². The van der Waals surface area contributed by atoms with Crippen molar-refractivity contribution in [3.8, 4) is 11.5 Å². The molecule has 0 fully saturated rings. The SMILES string of the molecule is C=CCOc1ccc(/C=c2\sc3n(c2=O)[C@@H](c2ccc(OCC)cc2)C(C(=O)Nc2ccccc2)=C(C)N=3)cc1. The maximum absolute atomic E-state index is 13.9. The summed E-state index contributed by atoms with van der Waals surface area (Å²) in [6.45, 7) is 8.35. The van der Waals surface area contributed by atoms with Crippen LogP contribution in [0, 0.1) is 0 Å². The van der Waals surface area contributed by atoms with Gasteiger partial charge in [0.15, 0.2) is 4.80 Å². The maximum atomic E-state index is 13.9. The van der Waals surface area contributed by atoms with E-state index in [9.17, 15) is 9.59 Å². The summed E-state index contributed by atoms with van der Waals surface area (Å²) >= 11 is 1.30. The molecule has 3 aromatic carbocycles. The first-order chi connectivity index (χ1) is 19.5. The van der Waals surface area contributed by atoms with E-state index in [0.29, 0.717) is 39.5 Å². The third kappa shape index (κ3) is 5.67. The molecule has 0 unspecified atom stereocenters. The zero-order chi connectivity index (χ0) is 28.1. The highest BCUT2D eigenvalue weighted by atomic mass is 32.1. The number of nitrogens with one attached hydrogen (secondary N) is 1. The Morgan fingerprint density at radius 3 is 2.38 bits per heavy atom. The van der Waals surface area contributed by atoms with Gasteiger partial charge in [0.05, 0.1) is 28.5 Å². The number of hydrogen-bond acceptors (Lipinski definition) is 6. The molecule has 1 aliphatic heterocycles. The minimum Gasteiger partial charge on any atom is -0.494 e. The normalized spacial score (nSPS) is 14.8. The molecule has 1 N–H and O–H groups in total. The zero-order valence-corrected chi connectivity index (χ0v) is 23.1. The monoisotopic (exact) mass is 551 g/mol. The average molecular weight is 552 g/mol. The Balaban J connectivity index is 1.60. The highest BCUT2D eigenvalue weighted by Crippen LogP contribution is 2.31. The lowest BCUT2D eigenvalue weighted by Crippen LogP contribution is -2.40. The highest BCUT2D eigenvalue weighted by Gasteiger charge is 2.32. The van der Waals surface area contributed by atoms with E-state index in [1.165, 1.54) is 11.3 Å². The predicted molar refractivity (Wildman–Crippen MR) is 159 cm³/mol. The second-order valence-electron chi connectivity index (χ2n) is 9.07. The van der Waals surface area contributed by atoms with Crippen molar-refractivity contribution >= 4 is 29.0 Å². The quantitative estimate of drug-likeness (QED) is 0.302. The number of aromatic nitrogens is 1. The van der Waals surface area contributed by atoms with Crippen LogP contribution in [0.4, 0.5) is 5.69 Å². The molecule has 7 nitrogen and oxygen atoms in total. The number of fused-ring (bicyclic) bond motifs is 1. The molecule has 0 saturated carbocycles. The Labute approximate surface area is 236 Å². The average Bonchev–Trinajstić information content (AvgIpc) is 3.27. The number of anilines is 1. The summed E-state index contributed by atoms with van der Waals surface area (Å²) in [6, 6.07) is 23.6. The van der Waals surface area contributed by atoms with Crippen molar-refractivity contribution < 1.29 is 14.3 Å². The molecule has 0 radical (unpaired) electrons. The number of amides is 1. The molecule has 40 heavy (non-hydrogen) atoms. The van der Waals surface area contributed by atoms with E-state index in [-0.39, 0.29) is 11.5 Å². The number of para-hydroxylation sites is 1. The van der Waals surface area contributed by atoms with Crippen LogP contribution in [-0.4, -0.2) is 23.7 Å². The largest absolute Gasteiger partial charge is 0.494 e. The number of thiazole rings is 1. The third-order valence-corrected chi connectivity index (χ3v) is 7.33. The van der Waals surface area contributed by atoms with Crippen LogP contribution >= 0.6 is 11.3 Å². The van der Waals surface area contributed by atoms with Gasteiger partial charge in [-0.2, -0.15) is 0 Å². The summed E-state index contributed by atoms with van der Waals surface area (Å²) in [7, 11) is 0. The van der Waals surface area contributed by atoms with E-state index in [4.69, 9.17) is 14.5 Å². The Morgan fingerprint density at radius 1 is 1.02 bits per heavy atom. The van der Waals surface area contributed by atoms with Gasteiger partial charge in [-0.3, -0.25) is 14.2 Å². The van der Waals surface area contributed by atoms with Gasteiger partial charge in [-0.1, -0.05) is 66.5 Å². The second-order valence-corrected chi connectivity index (χ2v) is 10.1. The Bertz CT molecular complexity index is 1740. The summed E-state index contributed by atoms with van der Waals surface area (Å²) < 4.78 is 13.3. The van der Waals surface area contributed by atoms with Crippen molar-refractivity contribution in [1.82, 2.24) is 4.57 Å². The van der Waals surface area contributed by atoms with Gasteiger partial charge < -0.3 is 14.8 Å². The van der Waals surface area contributed by atoms with Gasteiger partial charge in [0.1, 0.15) is 18.1 Å². The van der Waals surface area contributed by atoms with Crippen LogP contribution in [0.3, 0.4) is 0 Å². The van der Waals surface area contributed by atoms with Crippen LogP contribution in [0.15, 0.2) is 113 Å². The van der Waals surface area contributed by atoms with Crippen molar-refractivity contribution in [3.63, 3.8) is 0 Å².